The molecule has 0 aliphatic heterocycles. The first-order valence-electron chi connectivity index (χ1n) is 11.8. The first-order chi connectivity index (χ1) is 18.8. The molecule has 0 bridgehead atoms. The van der Waals surface area contributed by atoms with Crippen molar-refractivity contribution in [1.82, 2.24) is 20.0 Å². The van der Waals surface area contributed by atoms with E-state index < -0.39 is 15.9 Å². The number of sulfonamides is 1. The van der Waals surface area contributed by atoms with Crippen molar-refractivity contribution < 1.29 is 17.9 Å². The van der Waals surface area contributed by atoms with Gasteiger partial charge in [-0.1, -0.05) is 41.4 Å². The van der Waals surface area contributed by atoms with Gasteiger partial charge in [0.1, 0.15) is 11.6 Å². The monoisotopic (exact) mass is 585 g/mol. The highest BCUT2D eigenvalue weighted by molar-refractivity contribution is 7.89. The van der Waals surface area contributed by atoms with Gasteiger partial charge in [0.25, 0.3) is 5.91 Å². The highest BCUT2D eigenvalue weighted by atomic mass is 35.5. The summed E-state index contributed by atoms with van der Waals surface area (Å²) in [7, 11) is -2.25. The SMILES string of the molecule is COc1ccc(S(=O)(=O)NCCNC(=O)c2ccc(-c3cccc(Cl)c3Cl)nc2NCc2cccnc2)cc1. The van der Waals surface area contributed by atoms with Gasteiger partial charge in [-0.05, 0) is 54.1 Å². The number of benzene rings is 2. The van der Waals surface area contributed by atoms with Gasteiger partial charge in [0.05, 0.1) is 33.3 Å². The Bertz CT molecular complexity index is 1550. The van der Waals surface area contributed by atoms with E-state index in [0.717, 1.165) is 5.56 Å². The first-order valence-corrected chi connectivity index (χ1v) is 14.0. The molecule has 1 amide bonds. The second kappa shape index (κ2) is 12.9. The minimum atomic E-state index is -3.75. The zero-order chi connectivity index (χ0) is 27.8. The number of nitrogens with one attached hydrogen (secondary N) is 3. The Morgan fingerprint density at radius 1 is 0.974 bits per heavy atom. The van der Waals surface area contributed by atoms with Crippen molar-refractivity contribution in [3.8, 4) is 17.0 Å². The smallest absolute Gasteiger partial charge is 0.255 e. The molecule has 0 saturated carbocycles. The Balaban J connectivity index is 1.47. The molecule has 0 unspecified atom stereocenters. The third-order valence-electron chi connectivity index (χ3n) is 5.62. The van der Waals surface area contributed by atoms with Crippen LogP contribution in [0.15, 0.2) is 84.0 Å². The fraction of sp³-hybridized carbons (Fsp3) is 0.148. The van der Waals surface area contributed by atoms with E-state index in [1.165, 1.54) is 19.2 Å². The molecule has 2 heterocycles. The van der Waals surface area contributed by atoms with Gasteiger partial charge in [-0.2, -0.15) is 0 Å². The number of hydrogen-bond donors (Lipinski definition) is 3. The average Bonchev–Trinajstić information content (AvgIpc) is 2.96. The molecule has 0 fully saturated rings. The summed E-state index contributed by atoms with van der Waals surface area (Å²) >= 11 is 12.6. The molecule has 39 heavy (non-hydrogen) atoms. The molecule has 0 atom stereocenters. The number of hydrogen-bond acceptors (Lipinski definition) is 7. The second-order valence-electron chi connectivity index (χ2n) is 8.24. The molecular formula is C27H25Cl2N5O4S. The van der Waals surface area contributed by atoms with Crippen LogP contribution in [-0.2, 0) is 16.6 Å². The molecular weight excluding hydrogens is 561 g/mol. The zero-order valence-corrected chi connectivity index (χ0v) is 23.1. The molecule has 2 aromatic carbocycles. The van der Waals surface area contributed by atoms with Crippen molar-refractivity contribution in [2.24, 2.45) is 0 Å². The third kappa shape index (κ3) is 7.24. The van der Waals surface area contributed by atoms with Crippen LogP contribution < -0.4 is 20.1 Å². The van der Waals surface area contributed by atoms with Crippen LogP contribution in [0.2, 0.25) is 10.0 Å². The Hall–Kier alpha value is -3.70. The molecule has 4 aromatic rings. The molecule has 0 aliphatic rings. The van der Waals surface area contributed by atoms with Crippen LogP contribution in [0.3, 0.4) is 0 Å². The summed E-state index contributed by atoms with van der Waals surface area (Å²) in [4.78, 5) is 21.9. The van der Waals surface area contributed by atoms with Gasteiger partial charge in [-0.3, -0.25) is 9.78 Å². The number of aromatic nitrogens is 2. The molecule has 0 saturated heterocycles. The molecule has 3 N–H and O–H groups in total. The summed E-state index contributed by atoms with van der Waals surface area (Å²) in [5.74, 6) is 0.443. The minimum Gasteiger partial charge on any atom is -0.497 e. The van der Waals surface area contributed by atoms with E-state index in [1.807, 2.05) is 12.1 Å². The number of pyridine rings is 2. The number of amides is 1. The Kier molecular flexibility index (Phi) is 9.36. The number of ether oxygens (including phenoxy) is 1. The number of carbonyl (C=O) groups excluding carboxylic acids is 1. The van der Waals surface area contributed by atoms with Gasteiger partial charge in [-0.25, -0.2) is 18.1 Å². The van der Waals surface area contributed by atoms with Gasteiger partial charge in [0.2, 0.25) is 10.0 Å². The predicted molar refractivity (Wildman–Crippen MR) is 152 cm³/mol. The van der Waals surface area contributed by atoms with Gasteiger partial charge in [0, 0.05) is 37.6 Å². The maximum Gasteiger partial charge on any atom is 0.255 e. The number of anilines is 1. The second-order valence-corrected chi connectivity index (χ2v) is 10.8. The average molecular weight is 587 g/mol. The lowest BCUT2D eigenvalue weighted by Crippen LogP contribution is -2.35. The topological polar surface area (TPSA) is 122 Å². The van der Waals surface area contributed by atoms with Crippen molar-refractivity contribution in [2.75, 3.05) is 25.5 Å². The van der Waals surface area contributed by atoms with Crippen molar-refractivity contribution in [3.05, 3.63) is 100 Å². The normalized spacial score (nSPS) is 11.2. The van der Waals surface area contributed by atoms with E-state index >= 15 is 0 Å². The Morgan fingerprint density at radius 3 is 2.49 bits per heavy atom. The lowest BCUT2D eigenvalue weighted by molar-refractivity contribution is 0.0955. The van der Waals surface area contributed by atoms with Crippen LogP contribution in [0.5, 0.6) is 5.75 Å². The Labute approximate surface area is 236 Å². The van der Waals surface area contributed by atoms with Crippen molar-refractivity contribution >= 4 is 45.0 Å². The van der Waals surface area contributed by atoms with Crippen molar-refractivity contribution in [2.45, 2.75) is 11.4 Å². The zero-order valence-electron chi connectivity index (χ0n) is 20.8. The third-order valence-corrected chi connectivity index (χ3v) is 7.92. The van der Waals surface area contributed by atoms with E-state index in [2.05, 4.69) is 25.3 Å². The van der Waals surface area contributed by atoms with Crippen LogP contribution in [0, 0.1) is 0 Å². The maximum atomic E-state index is 13.1. The molecule has 12 heteroatoms. The maximum absolute atomic E-state index is 13.1. The summed E-state index contributed by atoms with van der Waals surface area (Å²) in [5, 5.41) is 6.67. The molecule has 202 valence electrons. The van der Waals surface area contributed by atoms with E-state index in [4.69, 9.17) is 27.9 Å². The number of carbonyl (C=O) groups is 1. The summed E-state index contributed by atoms with van der Waals surface area (Å²) < 4.78 is 32.6. The fourth-order valence-corrected chi connectivity index (χ4v) is 5.04. The number of halogens is 2. The molecule has 9 nitrogen and oxygen atoms in total. The molecule has 0 spiro atoms. The van der Waals surface area contributed by atoms with Crippen LogP contribution >= 0.6 is 23.2 Å². The summed E-state index contributed by atoms with van der Waals surface area (Å²) in [5.41, 5.74) is 2.32. The Morgan fingerprint density at radius 2 is 1.77 bits per heavy atom. The number of nitrogens with zero attached hydrogens (tertiary/aromatic N) is 2. The quantitative estimate of drug-likeness (QED) is 0.216. The largest absolute Gasteiger partial charge is 0.497 e. The van der Waals surface area contributed by atoms with Gasteiger partial charge in [0.15, 0.2) is 0 Å². The van der Waals surface area contributed by atoms with Crippen LogP contribution in [-0.4, -0.2) is 44.5 Å². The minimum absolute atomic E-state index is 0.0117. The highest BCUT2D eigenvalue weighted by Gasteiger charge is 2.17. The molecule has 0 radical (unpaired) electrons. The molecule has 0 aliphatic carbocycles. The lowest BCUT2D eigenvalue weighted by atomic mass is 10.1. The first kappa shape index (κ1) is 28.3. The van der Waals surface area contributed by atoms with E-state index in [1.54, 1.807) is 54.9 Å². The molecule has 2 aromatic heterocycles. The van der Waals surface area contributed by atoms with Gasteiger partial charge in [-0.15, -0.1) is 0 Å². The van der Waals surface area contributed by atoms with Crippen LogP contribution in [0.1, 0.15) is 15.9 Å². The fourth-order valence-electron chi connectivity index (χ4n) is 3.61. The number of rotatable bonds is 11. The number of methoxy groups -OCH3 is 1. The summed E-state index contributed by atoms with van der Waals surface area (Å²) in [6, 6.07) is 18.2. The molecule has 4 rings (SSSR count). The predicted octanol–water partition coefficient (Wildman–Crippen LogP) is 4.78. The summed E-state index contributed by atoms with van der Waals surface area (Å²) in [6.45, 7) is 0.413. The highest BCUT2D eigenvalue weighted by Crippen LogP contribution is 2.33. The lowest BCUT2D eigenvalue weighted by Gasteiger charge is -2.14. The van der Waals surface area contributed by atoms with Crippen molar-refractivity contribution in [3.63, 3.8) is 0 Å². The van der Waals surface area contributed by atoms with Crippen LogP contribution in [0.4, 0.5) is 5.82 Å². The van der Waals surface area contributed by atoms with Crippen molar-refractivity contribution in [1.29, 1.82) is 0 Å². The van der Waals surface area contributed by atoms with Gasteiger partial charge < -0.3 is 15.4 Å². The van der Waals surface area contributed by atoms with E-state index in [-0.39, 0.29) is 23.5 Å². The van der Waals surface area contributed by atoms with E-state index in [0.29, 0.717) is 39.4 Å². The summed E-state index contributed by atoms with van der Waals surface area (Å²) in [6.07, 6.45) is 3.38. The van der Waals surface area contributed by atoms with Crippen LogP contribution in [0.25, 0.3) is 11.3 Å². The van der Waals surface area contributed by atoms with Gasteiger partial charge >= 0.3 is 0 Å². The van der Waals surface area contributed by atoms with E-state index in [9.17, 15) is 13.2 Å². The standard InChI is InChI=1S/C27H25Cl2N5O4S/c1-38-19-7-9-20(10-8-19)39(36,37)33-15-14-31-27(35)22-11-12-24(21-5-2-6-23(28)25(21)29)34-26(22)32-17-18-4-3-13-30-16-18/h2-13,16,33H,14-15,17H2,1H3,(H,31,35)(H,32,34).